The number of hydrogen-bond donors (Lipinski definition) is 1. The maximum atomic E-state index is 12.5. The van der Waals surface area contributed by atoms with Crippen molar-refractivity contribution < 1.29 is 4.79 Å². The summed E-state index contributed by atoms with van der Waals surface area (Å²) in [6, 6.07) is 8.06. The van der Waals surface area contributed by atoms with Gasteiger partial charge in [-0.15, -0.1) is 0 Å². The minimum absolute atomic E-state index is 0.0956. The summed E-state index contributed by atoms with van der Waals surface area (Å²) in [6.07, 6.45) is 4.02. The lowest BCUT2D eigenvalue weighted by atomic mass is 10.0. The molecule has 1 amide bonds. The number of hydrogen-bond acceptors (Lipinski definition) is 2. The molecular weight excluding hydrogens is 238 g/mol. The van der Waals surface area contributed by atoms with Crippen molar-refractivity contribution in [2.24, 2.45) is 12.8 Å². The van der Waals surface area contributed by atoms with Crippen LogP contribution in [-0.4, -0.2) is 34.5 Å². The van der Waals surface area contributed by atoms with Gasteiger partial charge in [0, 0.05) is 43.5 Å². The van der Waals surface area contributed by atoms with Gasteiger partial charge in [-0.05, 0) is 36.4 Å². The second-order valence-electron chi connectivity index (χ2n) is 5.35. The Balaban J connectivity index is 1.90. The summed E-state index contributed by atoms with van der Waals surface area (Å²) in [5.41, 5.74) is 7.78. The number of rotatable bonds is 1. The van der Waals surface area contributed by atoms with Crippen LogP contribution in [0.3, 0.4) is 0 Å². The smallest absolute Gasteiger partial charge is 0.253 e. The third-order valence-electron chi connectivity index (χ3n) is 3.88. The van der Waals surface area contributed by atoms with Crippen molar-refractivity contribution in [1.82, 2.24) is 9.47 Å². The maximum Gasteiger partial charge on any atom is 0.253 e. The standard InChI is InChI=1S/C15H19N3O/c1-17-8-6-11-4-5-12(9-14(11)17)15(19)18-7-2-3-13(16)10-18/h4-6,8-9,13H,2-3,7,10,16H2,1H3. The fourth-order valence-electron chi connectivity index (χ4n) is 2.77. The van der Waals surface area contributed by atoms with Gasteiger partial charge >= 0.3 is 0 Å². The highest BCUT2D eigenvalue weighted by Gasteiger charge is 2.22. The molecular formula is C15H19N3O. The predicted octanol–water partition coefficient (Wildman–Crippen LogP) is 1.74. The number of nitrogens with two attached hydrogens (primary N) is 1. The van der Waals surface area contributed by atoms with E-state index in [0.29, 0.717) is 6.54 Å². The summed E-state index contributed by atoms with van der Waals surface area (Å²) in [6.45, 7) is 1.49. The highest BCUT2D eigenvalue weighted by molar-refractivity contribution is 5.98. The molecule has 0 aliphatic carbocycles. The molecule has 0 saturated carbocycles. The molecule has 1 aromatic carbocycles. The number of likely N-dealkylation sites (tertiary alicyclic amines) is 1. The number of carbonyl (C=O) groups is 1. The molecule has 2 N–H and O–H groups in total. The summed E-state index contributed by atoms with van der Waals surface area (Å²) in [5.74, 6) is 0.0956. The maximum absolute atomic E-state index is 12.5. The lowest BCUT2D eigenvalue weighted by Gasteiger charge is -2.30. The summed E-state index contributed by atoms with van der Waals surface area (Å²) < 4.78 is 2.04. The minimum atomic E-state index is 0.0956. The van der Waals surface area contributed by atoms with E-state index in [1.165, 1.54) is 0 Å². The first kappa shape index (κ1) is 12.2. The lowest BCUT2D eigenvalue weighted by molar-refractivity contribution is 0.0709. The van der Waals surface area contributed by atoms with E-state index in [4.69, 9.17) is 5.73 Å². The fourth-order valence-corrected chi connectivity index (χ4v) is 2.77. The minimum Gasteiger partial charge on any atom is -0.351 e. The summed E-state index contributed by atoms with van der Waals surface area (Å²) in [5, 5.41) is 1.16. The molecule has 1 aliphatic heterocycles. The number of fused-ring (bicyclic) bond motifs is 1. The molecule has 4 heteroatoms. The Labute approximate surface area is 112 Å². The van der Waals surface area contributed by atoms with E-state index in [2.05, 4.69) is 6.07 Å². The van der Waals surface area contributed by atoms with Crippen molar-refractivity contribution in [2.75, 3.05) is 13.1 Å². The van der Waals surface area contributed by atoms with Crippen LogP contribution in [0.5, 0.6) is 0 Å². The highest BCUT2D eigenvalue weighted by atomic mass is 16.2. The first-order valence-electron chi connectivity index (χ1n) is 6.75. The van der Waals surface area contributed by atoms with Crippen LogP contribution < -0.4 is 5.73 Å². The molecule has 19 heavy (non-hydrogen) atoms. The van der Waals surface area contributed by atoms with Crippen LogP contribution in [0.4, 0.5) is 0 Å². The molecule has 0 spiro atoms. The molecule has 1 saturated heterocycles. The molecule has 1 atom stereocenters. The lowest BCUT2D eigenvalue weighted by Crippen LogP contribution is -2.45. The number of benzene rings is 1. The highest BCUT2D eigenvalue weighted by Crippen LogP contribution is 2.19. The van der Waals surface area contributed by atoms with Crippen LogP contribution in [0.25, 0.3) is 10.9 Å². The number of carbonyl (C=O) groups excluding carboxylic acids is 1. The summed E-state index contributed by atoms with van der Waals surface area (Å²) in [4.78, 5) is 14.4. The largest absolute Gasteiger partial charge is 0.351 e. The van der Waals surface area contributed by atoms with E-state index >= 15 is 0 Å². The third kappa shape index (κ3) is 2.24. The van der Waals surface area contributed by atoms with E-state index in [1.54, 1.807) is 0 Å². The van der Waals surface area contributed by atoms with Crippen LogP contribution in [0.2, 0.25) is 0 Å². The van der Waals surface area contributed by atoms with Gasteiger partial charge in [0.1, 0.15) is 0 Å². The van der Waals surface area contributed by atoms with Gasteiger partial charge in [0.2, 0.25) is 0 Å². The van der Waals surface area contributed by atoms with Gasteiger partial charge < -0.3 is 15.2 Å². The average Bonchev–Trinajstić information content (AvgIpc) is 2.79. The van der Waals surface area contributed by atoms with E-state index in [1.807, 2.05) is 40.9 Å². The number of amides is 1. The van der Waals surface area contributed by atoms with Gasteiger partial charge in [0.15, 0.2) is 0 Å². The number of aromatic nitrogens is 1. The molecule has 3 rings (SSSR count). The zero-order valence-electron chi connectivity index (χ0n) is 11.2. The number of piperidine rings is 1. The van der Waals surface area contributed by atoms with Crippen molar-refractivity contribution in [1.29, 1.82) is 0 Å². The van der Waals surface area contributed by atoms with Crippen LogP contribution >= 0.6 is 0 Å². The Bertz CT molecular complexity index is 617. The molecule has 2 aromatic rings. The molecule has 1 unspecified atom stereocenters. The molecule has 1 aliphatic rings. The molecule has 2 heterocycles. The Morgan fingerprint density at radius 1 is 1.37 bits per heavy atom. The van der Waals surface area contributed by atoms with Gasteiger partial charge in [-0.25, -0.2) is 0 Å². The molecule has 1 aromatic heterocycles. The molecule has 4 nitrogen and oxygen atoms in total. The predicted molar refractivity (Wildman–Crippen MR) is 76.0 cm³/mol. The van der Waals surface area contributed by atoms with Crippen LogP contribution in [0.1, 0.15) is 23.2 Å². The topological polar surface area (TPSA) is 51.3 Å². The second kappa shape index (κ2) is 4.70. The zero-order chi connectivity index (χ0) is 13.4. The van der Waals surface area contributed by atoms with Gasteiger partial charge in [0.05, 0.1) is 0 Å². The van der Waals surface area contributed by atoms with E-state index in [0.717, 1.165) is 35.9 Å². The van der Waals surface area contributed by atoms with Crippen molar-refractivity contribution in [2.45, 2.75) is 18.9 Å². The summed E-state index contributed by atoms with van der Waals surface area (Å²) >= 11 is 0. The van der Waals surface area contributed by atoms with Crippen molar-refractivity contribution in [3.8, 4) is 0 Å². The van der Waals surface area contributed by atoms with E-state index < -0.39 is 0 Å². The first-order chi connectivity index (χ1) is 9.15. The summed E-state index contributed by atoms with van der Waals surface area (Å²) in [7, 11) is 1.99. The Hall–Kier alpha value is -1.81. The molecule has 1 fully saturated rings. The SMILES string of the molecule is Cn1ccc2ccc(C(=O)N3CCCC(N)C3)cc21. The number of nitrogens with zero attached hydrogens (tertiary/aromatic N) is 2. The normalized spacial score (nSPS) is 19.9. The van der Waals surface area contributed by atoms with Crippen LogP contribution in [-0.2, 0) is 7.05 Å². The van der Waals surface area contributed by atoms with Gasteiger partial charge in [-0.1, -0.05) is 6.07 Å². The molecule has 0 radical (unpaired) electrons. The van der Waals surface area contributed by atoms with Crippen molar-refractivity contribution in [3.05, 3.63) is 36.0 Å². The van der Waals surface area contributed by atoms with Crippen molar-refractivity contribution >= 4 is 16.8 Å². The Morgan fingerprint density at radius 3 is 3.00 bits per heavy atom. The van der Waals surface area contributed by atoms with Gasteiger partial charge in [0.25, 0.3) is 5.91 Å². The average molecular weight is 257 g/mol. The first-order valence-corrected chi connectivity index (χ1v) is 6.75. The number of aryl methyl sites for hydroxylation is 1. The Morgan fingerprint density at radius 2 is 2.21 bits per heavy atom. The van der Waals surface area contributed by atoms with Crippen LogP contribution in [0, 0.1) is 0 Å². The molecule has 0 bridgehead atoms. The van der Waals surface area contributed by atoms with Crippen molar-refractivity contribution in [3.63, 3.8) is 0 Å². The quantitative estimate of drug-likeness (QED) is 0.846. The second-order valence-corrected chi connectivity index (χ2v) is 5.35. The van der Waals surface area contributed by atoms with Gasteiger partial charge in [-0.2, -0.15) is 0 Å². The molecule has 100 valence electrons. The zero-order valence-corrected chi connectivity index (χ0v) is 11.2. The monoisotopic (exact) mass is 257 g/mol. The van der Waals surface area contributed by atoms with Crippen LogP contribution in [0.15, 0.2) is 30.5 Å². The Kier molecular flexibility index (Phi) is 3.03. The van der Waals surface area contributed by atoms with Gasteiger partial charge in [-0.3, -0.25) is 4.79 Å². The fraction of sp³-hybridized carbons (Fsp3) is 0.400. The van der Waals surface area contributed by atoms with E-state index in [-0.39, 0.29) is 11.9 Å². The van der Waals surface area contributed by atoms with E-state index in [9.17, 15) is 4.79 Å². The third-order valence-corrected chi connectivity index (χ3v) is 3.88.